The molecule has 0 bridgehead atoms. The van der Waals surface area contributed by atoms with Gasteiger partial charge in [0.2, 0.25) is 6.04 Å². The van der Waals surface area contributed by atoms with Crippen molar-refractivity contribution in [2.75, 3.05) is 0 Å². The van der Waals surface area contributed by atoms with Gasteiger partial charge in [-0.15, -0.1) is 0 Å². The number of nitro groups is 1. The summed E-state index contributed by atoms with van der Waals surface area (Å²) in [5.41, 5.74) is 0. The lowest BCUT2D eigenvalue weighted by Gasteiger charge is -2.20. The van der Waals surface area contributed by atoms with Gasteiger partial charge in [-0.25, -0.2) is 0 Å². The summed E-state index contributed by atoms with van der Waals surface area (Å²) in [7, 11) is 0. The summed E-state index contributed by atoms with van der Waals surface area (Å²) in [6.45, 7) is 0. The Labute approximate surface area is 59.0 Å². The van der Waals surface area contributed by atoms with Gasteiger partial charge in [0.05, 0.1) is 0 Å². The van der Waals surface area contributed by atoms with Gasteiger partial charge in [-0.05, 0) is 12.8 Å². The molecule has 1 fully saturated rings. The standard InChI is InChI=1S/C6H11NO3/c8-6-4-2-1-3-5(6)7(9)10/h5-6,8H,1-4H2/t5-,6+/m1/s1. The van der Waals surface area contributed by atoms with E-state index in [2.05, 4.69) is 0 Å². The molecule has 2 atom stereocenters. The van der Waals surface area contributed by atoms with E-state index in [1.54, 1.807) is 0 Å². The summed E-state index contributed by atoms with van der Waals surface area (Å²) >= 11 is 0. The second-order valence-electron chi connectivity index (χ2n) is 2.70. The van der Waals surface area contributed by atoms with Crippen LogP contribution in [-0.2, 0) is 0 Å². The van der Waals surface area contributed by atoms with Crippen molar-refractivity contribution in [1.82, 2.24) is 0 Å². The van der Waals surface area contributed by atoms with Gasteiger partial charge in [0.1, 0.15) is 6.10 Å². The zero-order chi connectivity index (χ0) is 7.56. The maximum atomic E-state index is 10.2. The molecule has 1 saturated carbocycles. The average Bonchev–Trinajstić information content (AvgIpc) is 1.88. The van der Waals surface area contributed by atoms with Crippen LogP contribution in [0.15, 0.2) is 0 Å². The highest BCUT2D eigenvalue weighted by atomic mass is 16.6. The second-order valence-corrected chi connectivity index (χ2v) is 2.70. The number of aliphatic hydroxyl groups excluding tert-OH is 1. The van der Waals surface area contributed by atoms with Gasteiger partial charge >= 0.3 is 0 Å². The molecule has 0 aromatic carbocycles. The monoisotopic (exact) mass is 145 g/mol. The first-order chi connectivity index (χ1) is 4.72. The molecule has 0 amide bonds. The Balaban J connectivity index is 2.47. The highest BCUT2D eigenvalue weighted by Gasteiger charge is 2.31. The van der Waals surface area contributed by atoms with Gasteiger partial charge < -0.3 is 5.11 Å². The largest absolute Gasteiger partial charge is 0.386 e. The molecule has 0 radical (unpaired) electrons. The molecule has 10 heavy (non-hydrogen) atoms. The molecule has 4 nitrogen and oxygen atoms in total. The van der Waals surface area contributed by atoms with Crippen LogP contribution in [0.4, 0.5) is 0 Å². The van der Waals surface area contributed by atoms with Gasteiger partial charge in [-0.3, -0.25) is 10.1 Å². The van der Waals surface area contributed by atoms with Crippen LogP contribution < -0.4 is 0 Å². The fourth-order valence-electron chi connectivity index (χ4n) is 1.34. The average molecular weight is 145 g/mol. The lowest BCUT2D eigenvalue weighted by Crippen LogP contribution is -2.36. The molecule has 0 saturated heterocycles. The van der Waals surface area contributed by atoms with Gasteiger partial charge in [-0.1, -0.05) is 6.42 Å². The summed E-state index contributed by atoms with van der Waals surface area (Å²) in [5.74, 6) is 0. The third-order valence-electron chi connectivity index (χ3n) is 1.96. The lowest BCUT2D eigenvalue weighted by molar-refractivity contribution is -0.537. The van der Waals surface area contributed by atoms with E-state index in [0.717, 1.165) is 12.8 Å². The molecule has 1 aliphatic carbocycles. The third kappa shape index (κ3) is 1.44. The molecular formula is C6H11NO3. The van der Waals surface area contributed by atoms with Crippen LogP contribution in [0.3, 0.4) is 0 Å². The van der Waals surface area contributed by atoms with Crippen molar-refractivity contribution in [1.29, 1.82) is 0 Å². The molecule has 0 spiro atoms. The quantitative estimate of drug-likeness (QED) is 0.433. The molecule has 0 aromatic heterocycles. The molecule has 1 rings (SSSR count). The lowest BCUT2D eigenvalue weighted by atomic mass is 9.93. The summed E-state index contributed by atoms with van der Waals surface area (Å²) in [6.07, 6.45) is 2.22. The van der Waals surface area contributed by atoms with E-state index in [0.29, 0.717) is 12.8 Å². The van der Waals surface area contributed by atoms with Crippen LogP contribution >= 0.6 is 0 Å². The molecule has 0 heterocycles. The summed E-state index contributed by atoms with van der Waals surface area (Å²) in [4.78, 5) is 9.84. The SMILES string of the molecule is O=[N+]([O-])[C@@H]1CCCC[C@@H]1O. The first-order valence-electron chi connectivity index (χ1n) is 3.53. The first kappa shape index (κ1) is 7.47. The topological polar surface area (TPSA) is 63.4 Å². The van der Waals surface area contributed by atoms with E-state index >= 15 is 0 Å². The molecule has 1 N–H and O–H groups in total. The Kier molecular flexibility index (Phi) is 2.21. The van der Waals surface area contributed by atoms with Gasteiger partial charge in [-0.2, -0.15) is 0 Å². The zero-order valence-electron chi connectivity index (χ0n) is 5.69. The highest BCUT2D eigenvalue weighted by molar-refractivity contribution is 4.73. The Hall–Kier alpha value is -0.640. The molecule has 0 aliphatic heterocycles. The number of hydrogen-bond acceptors (Lipinski definition) is 3. The van der Waals surface area contributed by atoms with E-state index in [9.17, 15) is 10.1 Å². The van der Waals surface area contributed by atoms with E-state index in [1.807, 2.05) is 0 Å². The number of rotatable bonds is 1. The van der Waals surface area contributed by atoms with E-state index in [4.69, 9.17) is 5.11 Å². The molecule has 0 unspecified atom stereocenters. The smallest absolute Gasteiger partial charge is 0.238 e. The molecule has 0 aromatic rings. The first-order valence-corrected chi connectivity index (χ1v) is 3.53. The minimum Gasteiger partial charge on any atom is -0.386 e. The van der Waals surface area contributed by atoms with Crippen LogP contribution in [-0.4, -0.2) is 22.2 Å². The van der Waals surface area contributed by atoms with E-state index in [-0.39, 0.29) is 4.92 Å². The van der Waals surface area contributed by atoms with Gasteiger partial charge in [0.25, 0.3) is 0 Å². The minimum atomic E-state index is -0.705. The van der Waals surface area contributed by atoms with Crippen LogP contribution in [0.25, 0.3) is 0 Å². The van der Waals surface area contributed by atoms with Crippen molar-refractivity contribution in [3.63, 3.8) is 0 Å². The van der Waals surface area contributed by atoms with Crippen LogP contribution in [0, 0.1) is 10.1 Å². The van der Waals surface area contributed by atoms with Crippen LogP contribution in [0.5, 0.6) is 0 Å². The van der Waals surface area contributed by atoms with E-state index < -0.39 is 12.1 Å². The normalized spacial score (nSPS) is 33.7. The van der Waals surface area contributed by atoms with Crippen LogP contribution in [0.1, 0.15) is 25.7 Å². The van der Waals surface area contributed by atoms with Crippen molar-refractivity contribution < 1.29 is 10.0 Å². The van der Waals surface area contributed by atoms with Crippen molar-refractivity contribution >= 4 is 0 Å². The highest BCUT2D eigenvalue weighted by Crippen LogP contribution is 2.19. The Morgan fingerprint density at radius 2 is 2.00 bits per heavy atom. The van der Waals surface area contributed by atoms with E-state index in [1.165, 1.54) is 0 Å². The fourth-order valence-corrected chi connectivity index (χ4v) is 1.34. The minimum absolute atomic E-state index is 0.371. The second kappa shape index (κ2) is 2.96. The van der Waals surface area contributed by atoms with Gasteiger partial charge in [0, 0.05) is 11.3 Å². The Bertz CT molecular complexity index is 137. The summed E-state index contributed by atoms with van der Waals surface area (Å²) < 4.78 is 0. The maximum Gasteiger partial charge on any atom is 0.238 e. The number of hydrogen-bond donors (Lipinski definition) is 1. The Morgan fingerprint density at radius 1 is 1.40 bits per heavy atom. The van der Waals surface area contributed by atoms with Crippen molar-refractivity contribution in [3.05, 3.63) is 10.1 Å². The van der Waals surface area contributed by atoms with Gasteiger partial charge in [0.15, 0.2) is 0 Å². The Morgan fingerprint density at radius 3 is 2.40 bits per heavy atom. The predicted molar refractivity (Wildman–Crippen MR) is 35.3 cm³/mol. The van der Waals surface area contributed by atoms with Crippen LogP contribution in [0.2, 0.25) is 0 Å². The third-order valence-corrected chi connectivity index (χ3v) is 1.96. The predicted octanol–water partition coefficient (Wildman–Crippen LogP) is 0.567. The molecular weight excluding hydrogens is 134 g/mol. The number of nitrogens with zero attached hydrogens (tertiary/aromatic N) is 1. The molecule has 4 heteroatoms. The van der Waals surface area contributed by atoms with Crippen molar-refractivity contribution in [3.8, 4) is 0 Å². The molecule has 1 aliphatic rings. The summed E-state index contributed by atoms with van der Waals surface area (Å²) in [6, 6.07) is -0.700. The van der Waals surface area contributed by atoms with Crippen molar-refractivity contribution in [2.24, 2.45) is 0 Å². The van der Waals surface area contributed by atoms with Crippen molar-refractivity contribution in [2.45, 2.75) is 37.8 Å². The summed E-state index contributed by atoms with van der Waals surface area (Å²) in [5, 5.41) is 19.3. The maximum absolute atomic E-state index is 10.2. The number of aliphatic hydroxyl groups is 1. The molecule has 58 valence electrons. The zero-order valence-corrected chi connectivity index (χ0v) is 5.69. The fraction of sp³-hybridized carbons (Fsp3) is 1.00.